The Bertz CT molecular complexity index is 2980. The molecule has 390 valence electrons. The molecule has 2 saturated carbocycles. The molecule has 14 nitrogen and oxygen atoms in total. The Morgan fingerprint density at radius 2 is 1.64 bits per heavy atom. The van der Waals surface area contributed by atoms with Crippen LogP contribution in [-0.2, 0) is 22.2 Å². The van der Waals surface area contributed by atoms with Crippen LogP contribution in [0.5, 0.6) is 11.5 Å². The highest BCUT2D eigenvalue weighted by atomic mass is 35.5. The summed E-state index contributed by atoms with van der Waals surface area (Å²) in [5.41, 5.74) is 8.04. The molecule has 17 heteroatoms. The molecule has 0 spiro atoms. The zero-order valence-corrected chi connectivity index (χ0v) is 42.9. The zero-order valence-electron chi connectivity index (χ0n) is 42.1. The fourth-order valence-electron chi connectivity index (χ4n) is 12.5. The highest BCUT2D eigenvalue weighted by Crippen LogP contribution is 2.57. The van der Waals surface area contributed by atoms with Gasteiger partial charge in [0.2, 0.25) is 17.7 Å². The zero-order chi connectivity index (χ0) is 51.4. The average Bonchev–Trinajstić information content (AvgIpc) is 4.13. The number of nitrogens with two attached hydrogens (primary N) is 1. The predicted octanol–water partition coefficient (Wildman–Crippen LogP) is 9.16. The number of imide groups is 1. The van der Waals surface area contributed by atoms with Gasteiger partial charge in [-0.05, 0) is 130 Å². The van der Waals surface area contributed by atoms with E-state index in [2.05, 4.69) is 43.7 Å². The van der Waals surface area contributed by atoms with Crippen molar-refractivity contribution in [2.75, 3.05) is 57.3 Å². The number of halogens is 3. The van der Waals surface area contributed by atoms with Crippen molar-refractivity contribution in [3.63, 3.8) is 0 Å². The lowest BCUT2D eigenvalue weighted by molar-refractivity contribution is -0.138. The molecule has 3 saturated heterocycles. The van der Waals surface area contributed by atoms with Crippen molar-refractivity contribution < 1.29 is 37.4 Å². The number of nitrogens with zero attached hydrogens (tertiary/aromatic N) is 5. The largest absolute Gasteiger partial charge is 0.490 e. The molecule has 74 heavy (non-hydrogen) atoms. The number of nitrogens with one attached hydrogen (secondary N) is 2. The van der Waals surface area contributed by atoms with Gasteiger partial charge in [-0.1, -0.05) is 54.9 Å². The second-order valence-electron chi connectivity index (χ2n) is 21.7. The molecule has 5 amide bonds. The van der Waals surface area contributed by atoms with Crippen LogP contribution in [0.25, 0.3) is 22.0 Å². The van der Waals surface area contributed by atoms with Crippen LogP contribution in [0, 0.1) is 29.4 Å². The van der Waals surface area contributed by atoms with Gasteiger partial charge < -0.3 is 30.3 Å². The molecule has 6 aliphatic rings. The smallest absolute Gasteiger partial charge is 0.329 e. The van der Waals surface area contributed by atoms with E-state index in [1.165, 1.54) is 23.8 Å². The minimum absolute atomic E-state index is 0.0273. The van der Waals surface area contributed by atoms with E-state index in [1.54, 1.807) is 4.90 Å². The molecule has 5 fully saturated rings. The molecule has 1 aromatic heterocycles. The summed E-state index contributed by atoms with van der Waals surface area (Å²) in [5, 5.41) is 11.4. The monoisotopic (exact) mass is 1030 g/mol. The third-order valence-electron chi connectivity index (χ3n) is 17.1. The number of ether oxygens (including phenoxy) is 2. The van der Waals surface area contributed by atoms with E-state index in [-0.39, 0.29) is 63.4 Å². The van der Waals surface area contributed by atoms with Gasteiger partial charge in [0.25, 0.3) is 0 Å². The number of urea groups is 1. The first-order valence-corrected chi connectivity index (χ1v) is 27.0. The molecule has 2 aliphatic carbocycles. The van der Waals surface area contributed by atoms with Gasteiger partial charge in [-0.3, -0.25) is 29.3 Å². The molecule has 4 aliphatic heterocycles. The summed E-state index contributed by atoms with van der Waals surface area (Å²) in [4.78, 5) is 57.5. The van der Waals surface area contributed by atoms with Crippen LogP contribution < -0.4 is 30.7 Å². The summed E-state index contributed by atoms with van der Waals surface area (Å²) in [6, 6.07) is 19.9. The SMILES string of the molecule is CC1c2c(cc(F)c(Cl)c2-c2c(C(N)=O)ccc(OCC3CC3)c2F)OC1(CNC1CCC(C(=O)N2CCC(CN3CCC(c4ccc5c(N6CCC(=O)NC6=O)nn(C)c5c4)CC3)CC2)CC1)c1ccccc1. The fourth-order valence-corrected chi connectivity index (χ4v) is 12.8. The Labute approximate surface area is 435 Å². The summed E-state index contributed by atoms with van der Waals surface area (Å²) in [7, 11) is 1.90. The minimum Gasteiger partial charge on any atom is -0.490 e. The van der Waals surface area contributed by atoms with Crippen LogP contribution in [0.4, 0.5) is 19.4 Å². The van der Waals surface area contributed by atoms with Gasteiger partial charge in [0.1, 0.15) is 11.6 Å². The maximum absolute atomic E-state index is 16.7. The lowest BCUT2D eigenvalue weighted by Crippen LogP contribution is -2.49. The highest BCUT2D eigenvalue weighted by Gasteiger charge is 2.50. The number of primary amides is 1. The van der Waals surface area contributed by atoms with Gasteiger partial charge in [0.05, 0.1) is 22.7 Å². The van der Waals surface area contributed by atoms with Crippen LogP contribution in [0.3, 0.4) is 0 Å². The van der Waals surface area contributed by atoms with Crippen LogP contribution in [-0.4, -0.2) is 102 Å². The quantitative estimate of drug-likeness (QED) is 0.0984. The van der Waals surface area contributed by atoms with Crippen LogP contribution in [0.1, 0.15) is 116 Å². The topological polar surface area (TPSA) is 164 Å². The van der Waals surface area contributed by atoms with E-state index < -0.39 is 35.1 Å². The van der Waals surface area contributed by atoms with Gasteiger partial charge >= 0.3 is 6.03 Å². The number of amides is 5. The van der Waals surface area contributed by atoms with Crippen molar-refractivity contribution >= 4 is 52.1 Å². The van der Waals surface area contributed by atoms with Crippen molar-refractivity contribution in [2.45, 2.75) is 101 Å². The highest BCUT2D eigenvalue weighted by molar-refractivity contribution is 6.34. The van der Waals surface area contributed by atoms with Crippen molar-refractivity contribution in [3.05, 3.63) is 106 Å². The molecule has 4 aromatic carbocycles. The fraction of sp³-hybridized carbons (Fsp3) is 0.491. The van der Waals surface area contributed by atoms with E-state index >= 15 is 8.78 Å². The molecule has 5 aromatic rings. The summed E-state index contributed by atoms with van der Waals surface area (Å²) in [6.07, 6.45) is 9.53. The maximum atomic E-state index is 16.7. The number of carbonyl (C=O) groups excluding carboxylic acids is 4. The van der Waals surface area contributed by atoms with Crippen LogP contribution in [0.2, 0.25) is 5.02 Å². The Morgan fingerprint density at radius 3 is 2.34 bits per heavy atom. The number of hydrogen-bond acceptors (Lipinski definition) is 9. The lowest BCUT2D eigenvalue weighted by Gasteiger charge is -2.40. The van der Waals surface area contributed by atoms with Crippen molar-refractivity contribution in [1.82, 2.24) is 30.2 Å². The molecular formula is C57H65ClF2N8O6. The van der Waals surface area contributed by atoms with Gasteiger partial charge in [-0.2, -0.15) is 5.10 Å². The summed E-state index contributed by atoms with van der Waals surface area (Å²) >= 11 is 6.80. The number of benzene rings is 4. The first kappa shape index (κ1) is 50.1. The van der Waals surface area contributed by atoms with Crippen molar-refractivity contribution in [2.24, 2.45) is 30.5 Å². The minimum atomic E-state index is -1.06. The predicted molar refractivity (Wildman–Crippen MR) is 278 cm³/mol. The number of fused-ring (bicyclic) bond motifs is 2. The lowest BCUT2D eigenvalue weighted by atomic mass is 9.77. The molecule has 2 unspecified atom stereocenters. The molecule has 4 N–H and O–H groups in total. The maximum Gasteiger partial charge on any atom is 0.329 e. The second kappa shape index (κ2) is 20.6. The number of rotatable bonds is 14. The molecule has 0 bridgehead atoms. The normalized spacial score (nSPS) is 24.0. The van der Waals surface area contributed by atoms with Crippen LogP contribution >= 0.6 is 11.6 Å². The Morgan fingerprint density at radius 1 is 0.892 bits per heavy atom. The number of piperidine rings is 2. The number of aromatic nitrogens is 2. The Kier molecular flexibility index (Phi) is 13.9. The third kappa shape index (κ3) is 9.62. The summed E-state index contributed by atoms with van der Waals surface area (Å²) < 4.78 is 47.2. The molecule has 2 atom stereocenters. The first-order valence-electron chi connectivity index (χ1n) is 26.6. The number of likely N-dealkylation sites (tertiary alicyclic amines) is 2. The van der Waals surface area contributed by atoms with Gasteiger partial charge in [-0.25, -0.2) is 13.6 Å². The van der Waals surface area contributed by atoms with E-state index in [1.807, 2.05) is 49.0 Å². The number of hydrogen-bond donors (Lipinski definition) is 3. The third-order valence-corrected chi connectivity index (χ3v) is 17.5. The average molecular weight is 1030 g/mol. The summed E-state index contributed by atoms with van der Waals surface area (Å²) in [6.45, 7) is 7.60. The van der Waals surface area contributed by atoms with Gasteiger partial charge in [0, 0.05) is 92.2 Å². The standard InChI is InChI=1S/C57H65ClF2N8O6/c1-33-48-46(29-43(59)51(58)50(48)49-42(53(61)70)16-17-45(52(49)60)73-31-35-8-9-35)74-57(33,39-6-4-3-5-7-39)32-62-40-13-10-37(11-14-40)55(71)67-25-18-34(19-26-67)30-66-23-20-36(21-24-66)38-12-15-41-44(28-38)65(2)64-54(41)68-27-22-47(69)63-56(68)72/h3-7,12,15-17,28-29,33-37,40,62H,8-11,13-14,18-27,30-32H2,1-2H3,(H2,61,70)(H,63,69,72). The molecular weight excluding hydrogens is 966 g/mol. The van der Waals surface area contributed by atoms with E-state index in [0.717, 1.165) is 113 Å². The number of carbonyl (C=O) groups is 4. The van der Waals surface area contributed by atoms with E-state index in [0.29, 0.717) is 48.8 Å². The van der Waals surface area contributed by atoms with Crippen molar-refractivity contribution in [3.8, 4) is 22.6 Å². The summed E-state index contributed by atoms with van der Waals surface area (Å²) in [5.74, 6) is -1.00. The van der Waals surface area contributed by atoms with Gasteiger partial charge in [-0.15, -0.1) is 0 Å². The molecule has 5 heterocycles. The second-order valence-corrected chi connectivity index (χ2v) is 22.1. The number of aryl methyl sites for hydroxylation is 1. The van der Waals surface area contributed by atoms with E-state index in [4.69, 9.17) is 26.8 Å². The molecule has 0 radical (unpaired) electrons. The Hall–Kier alpha value is -6.10. The Balaban J connectivity index is 0.687. The van der Waals surface area contributed by atoms with E-state index in [9.17, 15) is 19.2 Å². The first-order chi connectivity index (χ1) is 35.8. The number of anilines is 1. The van der Waals surface area contributed by atoms with Crippen molar-refractivity contribution in [1.29, 1.82) is 0 Å². The molecule has 11 rings (SSSR count). The van der Waals surface area contributed by atoms with Crippen LogP contribution in [0.15, 0.2) is 66.7 Å². The van der Waals surface area contributed by atoms with Gasteiger partial charge in [0.15, 0.2) is 23.0 Å².